The zero-order valence-electron chi connectivity index (χ0n) is 24.7. The van der Waals surface area contributed by atoms with Crippen LogP contribution < -0.4 is 0 Å². The summed E-state index contributed by atoms with van der Waals surface area (Å²) >= 11 is 0. The molecule has 8 aromatic rings. The van der Waals surface area contributed by atoms with Crippen molar-refractivity contribution in [1.82, 2.24) is 24.5 Å². The maximum atomic E-state index is 13.9. The van der Waals surface area contributed by atoms with Crippen LogP contribution >= 0.6 is 0 Å². The van der Waals surface area contributed by atoms with Crippen molar-refractivity contribution in [2.45, 2.75) is 6.18 Å². The zero-order chi connectivity index (χ0) is 32.0. The average molecular weight is 620 g/mol. The van der Waals surface area contributed by atoms with Crippen LogP contribution in [-0.4, -0.2) is 24.5 Å². The largest absolute Gasteiger partial charge is 0.416 e. The topological polar surface area (TPSA) is 56.5 Å². The summed E-state index contributed by atoms with van der Waals surface area (Å²) in [5, 5.41) is 1.21. The predicted molar refractivity (Wildman–Crippen MR) is 179 cm³/mol. The summed E-state index contributed by atoms with van der Waals surface area (Å²) < 4.78 is 43.6. The molecule has 0 saturated heterocycles. The van der Waals surface area contributed by atoms with Gasteiger partial charge >= 0.3 is 6.18 Å². The van der Waals surface area contributed by atoms with Gasteiger partial charge < -0.3 is 4.57 Å². The van der Waals surface area contributed by atoms with Crippen molar-refractivity contribution >= 4 is 21.8 Å². The van der Waals surface area contributed by atoms with Crippen LogP contribution in [0.4, 0.5) is 13.2 Å². The van der Waals surface area contributed by atoms with Gasteiger partial charge in [-0.1, -0.05) is 91.0 Å². The highest BCUT2D eigenvalue weighted by atomic mass is 19.4. The molecule has 0 amide bonds. The van der Waals surface area contributed by atoms with E-state index in [-0.39, 0.29) is 0 Å². The molecule has 0 saturated carbocycles. The van der Waals surface area contributed by atoms with E-state index >= 15 is 0 Å². The fourth-order valence-corrected chi connectivity index (χ4v) is 5.94. The molecule has 8 heteroatoms. The molecule has 0 radical (unpaired) electrons. The molecule has 0 aliphatic heterocycles. The lowest BCUT2D eigenvalue weighted by Gasteiger charge is -2.16. The van der Waals surface area contributed by atoms with E-state index in [1.165, 1.54) is 12.1 Å². The van der Waals surface area contributed by atoms with Gasteiger partial charge in [-0.05, 0) is 48.5 Å². The van der Waals surface area contributed by atoms with Crippen LogP contribution in [0.15, 0.2) is 146 Å². The first kappa shape index (κ1) is 28.3. The second kappa shape index (κ2) is 11.3. The SMILES string of the molecule is FC(F)(F)c1ccc2c(c1)c1ccccc1n2-c1ccc(-c2ccccn2)cc1-c1nc(-c2ccccc2)nc(-c2ccccc2)n1. The molecule has 5 nitrogen and oxygen atoms in total. The number of benzene rings is 5. The number of fused-ring (bicyclic) bond motifs is 3. The molecular weight excluding hydrogens is 595 g/mol. The van der Waals surface area contributed by atoms with Gasteiger partial charge in [0.05, 0.1) is 28.0 Å². The van der Waals surface area contributed by atoms with Gasteiger partial charge in [0.15, 0.2) is 17.5 Å². The standard InChI is InChI=1S/C39H24F3N5/c40-39(41,42)28-19-21-34-30(24-28)29-15-7-8-17-33(29)47(34)35-20-18-27(32-16-9-10-22-43-32)23-31(35)38-45-36(25-11-3-1-4-12-25)44-37(46-38)26-13-5-2-6-14-26/h1-24H. The fraction of sp³-hybridized carbons (Fsp3) is 0.0256. The lowest BCUT2D eigenvalue weighted by atomic mass is 10.0. The normalized spacial score (nSPS) is 11.7. The molecule has 0 bridgehead atoms. The fourth-order valence-electron chi connectivity index (χ4n) is 5.94. The van der Waals surface area contributed by atoms with Gasteiger partial charge in [0.25, 0.3) is 0 Å². The highest BCUT2D eigenvalue weighted by Gasteiger charge is 2.31. The Labute approximate surface area is 267 Å². The molecule has 47 heavy (non-hydrogen) atoms. The molecule has 0 spiro atoms. The van der Waals surface area contributed by atoms with Crippen molar-refractivity contribution in [2.24, 2.45) is 0 Å². The molecule has 0 N–H and O–H groups in total. The first-order valence-electron chi connectivity index (χ1n) is 15.0. The molecule has 3 aromatic heterocycles. The van der Waals surface area contributed by atoms with Crippen molar-refractivity contribution in [3.05, 3.63) is 151 Å². The number of para-hydroxylation sites is 1. The Morgan fingerprint density at radius 3 is 1.77 bits per heavy atom. The summed E-state index contributed by atoms with van der Waals surface area (Å²) in [5.41, 5.74) is 5.33. The summed E-state index contributed by atoms with van der Waals surface area (Å²) in [6.45, 7) is 0. The number of pyridine rings is 1. The van der Waals surface area contributed by atoms with Crippen LogP contribution in [0.25, 0.3) is 72.9 Å². The van der Waals surface area contributed by atoms with Crippen molar-refractivity contribution in [2.75, 3.05) is 0 Å². The Morgan fingerprint density at radius 1 is 0.489 bits per heavy atom. The summed E-state index contributed by atoms with van der Waals surface area (Å²) in [6, 6.07) is 42.4. The van der Waals surface area contributed by atoms with Gasteiger partial charge in [-0.15, -0.1) is 0 Å². The first-order chi connectivity index (χ1) is 22.9. The van der Waals surface area contributed by atoms with E-state index in [0.717, 1.165) is 34.0 Å². The van der Waals surface area contributed by atoms with E-state index < -0.39 is 11.7 Å². The molecule has 5 aromatic carbocycles. The van der Waals surface area contributed by atoms with Crippen molar-refractivity contribution < 1.29 is 13.2 Å². The number of hydrogen-bond acceptors (Lipinski definition) is 4. The van der Waals surface area contributed by atoms with Gasteiger partial charge in [0.1, 0.15) is 0 Å². The quantitative estimate of drug-likeness (QED) is 0.192. The average Bonchev–Trinajstić information content (AvgIpc) is 3.45. The van der Waals surface area contributed by atoms with Crippen molar-refractivity contribution in [1.29, 1.82) is 0 Å². The highest BCUT2D eigenvalue weighted by molar-refractivity contribution is 6.10. The molecule has 0 aliphatic carbocycles. The third-order valence-corrected chi connectivity index (χ3v) is 8.14. The Morgan fingerprint density at radius 2 is 1.11 bits per heavy atom. The minimum atomic E-state index is -4.47. The van der Waals surface area contributed by atoms with Crippen LogP contribution in [0.2, 0.25) is 0 Å². The molecule has 8 rings (SSSR count). The van der Waals surface area contributed by atoms with Gasteiger partial charge in [0.2, 0.25) is 0 Å². The third-order valence-electron chi connectivity index (χ3n) is 8.14. The summed E-state index contributed by atoms with van der Waals surface area (Å²) in [6.07, 6.45) is -2.74. The van der Waals surface area contributed by atoms with Crippen LogP contribution in [0.3, 0.4) is 0 Å². The van der Waals surface area contributed by atoms with Gasteiger partial charge in [0, 0.05) is 39.2 Å². The minimum absolute atomic E-state index is 0.420. The molecule has 0 unspecified atom stereocenters. The van der Waals surface area contributed by atoms with Crippen LogP contribution in [-0.2, 0) is 6.18 Å². The number of halogens is 3. The summed E-state index contributed by atoms with van der Waals surface area (Å²) in [4.78, 5) is 19.4. The Balaban J connectivity index is 1.45. The maximum Gasteiger partial charge on any atom is 0.416 e. The zero-order valence-corrected chi connectivity index (χ0v) is 24.7. The van der Waals surface area contributed by atoms with Gasteiger partial charge in [-0.2, -0.15) is 13.2 Å². The van der Waals surface area contributed by atoms with E-state index in [1.54, 1.807) is 6.20 Å². The van der Waals surface area contributed by atoms with Crippen molar-refractivity contribution in [3.8, 4) is 51.1 Å². The van der Waals surface area contributed by atoms with E-state index in [9.17, 15) is 13.2 Å². The lowest BCUT2D eigenvalue weighted by molar-refractivity contribution is -0.137. The lowest BCUT2D eigenvalue weighted by Crippen LogP contribution is -2.05. The Bertz CT molecular complexity index is 2330. The van der Waals surface area contributed by atoms with Gasteiger partial charge in [-0.25, -0.2) is 15.0 Å². The number of hydrogen-bond donors (Lipinski definition) is 0. The number of rotatable bonds is 5. The monoisotopic (exact) mass is 619 g/mol. The first-order valence-corrected chi connectivity index (χ1v) is 15.0. The molecule has 3 heterocycles. The van der Waals surface area contributed by atoms with Crippen molar-refractivity contribution in [3.63, 3.8) is 0 Å². The highest BCUT2D eigenvalue weighted by Crippen LogP contribution is 2.40. The van der Waals surface area contributed by atoms with E-state index in [4.69, 9.17) is 15.0 Å². The molecule has 0 fully saturated rings. The van der Waals surface area contributed by atoms with Crippen LogP contribution in [0, 0.1) is 0 Å². The minimum Gasteiger partial charge on any atom is -0.309 e. The van der Waals surface area contributed by atoms with E-state index in [0.29, 0.717) is 45.0 Å². The summed E-state index contributed by atoms with van der Waals surface area (Å²) in [7, 11) is 0. The summed E-state index contributed by atoms with van der Waals surface area (Å²) in [5.74, 6) is 1.42. The second-order valence-electron chi connectivity index (χ2n) is 11.1. The molecule has 0 aliphatic rings. The molecular formula is C39H24F3N5. The van der Waals surface area contributed by atoms with Crippen LogP contribution in [0.5, 0.6) is 0 Å². The number of nitrogens with zero attached hydrogens (tertiary/aromatic N) is 5. The molecule has 0 atom stereocenters. The number of alkyl halides is 3. The van der Waals surface area contributed by atoms with E-state index in [1.807, 2.05) is 126 Å². The third kappa shape index (κ3) is 5.19. The second-order valence-corrected chi connectivity index (χ2v) is 11.1. The van der Waals surface area contributed by atoms with Crippen LogP contribution in [0.1, 0.15) is 5.56 Å². The predicted octanol–water partition coefficient (Wildman–Crippen LogP) is 10.1. The Kier molecular flexibility index (Phi) is 6.83. The van der Waals surface area contributed by atoms with E-state index in [2.05, 4.69) is 4.98 Å². The van der Waals surface area contributed by atoms with Gasteiger partial charge in [-0.3, -0.25) is 4.98 Å². The maximum absolute atomic E-state index is 13.9. The Hall–Kier alpha value is -6.15. The number of aromatic nitrogens is 5. The smallest absolute Gasteiger partial charge is 0.309 e. The molecule has 226 valence electrons.